The van der Waals surface area contributed by atoms with E-state index in [0.29, 0.717) is 19.6 Å². The molecule has 1 aromatic carbocycles. The summed E-state index contributed by atoms with van der Waals surface area (Å²) in [6.07, 6.45) is 8.08. The van der Waals surface area contributed by atoms with Crippen LogP contribution in [0.25, 0.3) is 0 Å². The molecule has 7 nitrogen and oxygen atoms in total. The maximum absolute atomic E-state index is 14.4. The Morgan fingerprint density at radius 1 is 1.00 bits per heavy atom. The predicted molar refractivity (Wildman–Crippen MR) is 140 cm³/mol. The number of carbonyl (C=O) groups excluding carboxylic acids is 3. The van der Waals surface area contributed by atoms with Gasteiger partial charge in [0.25, 0.3) is 0 Å². The quantitative estimate of drug-likeness (QED) is 0.617. The van der Waals surface area contributed by atoms with Crippen LogP contribution in [0, 0.1) is 17.8 Å². The second-order valence-electron chi connectivity index (χ2n) is 11.0. The topological polar surface area (TPSA) is 81.2 Å². The first-order valence-electron chi connectivity index (χ1n) is 12.7. The van der Waals surface area contributed by atoms with E-state index in [1.54, 1.807) is 33.5 Å². The Labute approximate surface area is 217 Å². The Morgan fingerprint density at radius 2 is 1.69 bits per heavy atom. The first-order valence-corrected chi connectivity index (χ1v) is 13.5. The van der Waals surface area contributed by atoms with E-state index < -0.39 is 33.4 Å². The number of aliphatic hydroxyl groups is 1. The maximum atomic E-state index is 14.4. The first-order chi connectivity index (χ1) is 17.1. The Kier molecular flexibility index (Phi) is 6.32. The van der Waals surface area contributed by atoms with Crippen LogP contribution in [-0.4, -0.2) is 85.8 Å². The molecule has 8 heteroatoms. The van der Waals surface area contributed by atoms with Crippen molar-refractivity contribution in [2.75, 3.05) is 26.7 Å². The molecule has 6 atom stereocenters. The Hall–Kier alpha value is -2.58. The Morgan fingerprint density at radius 3 is 2.36 bits per heavy atom. The average Bonchev–Trinajstić information content (AvgIpc) is 3.12. The standard InChI is InChI=1S/C28H35N3O4S/c1-18(2)20(17-32)31-23-26(35)30(16-19-10-6-5-7-11-19)15-9-13-28(23)22(25(31)34)21-24(33)29(4)14-8-12-27(21,3)36-28/h5-13,18,20-23,32H,14-17H2,1-4H3/t20-,21-,22-,23?,27+,28-/m0/s1. The lowest BCUT2D eigenvalue weighted by Crippen LogP contribution is -2.57. The minimum Gasteiger partial charge on any atom is -0.394 e. The van der Waals surface area contributed by atoms with Gasteiger partial charge in [0.2, 0.25) is 17.7 Å². The van der Waals surface area contributed by atoms with Gasteiger partial charge in [0.1, 0.15) is 6.04 Å². The van der Waals surface area contributed by atoms with Crippen LogP contribution < -0.4 is 0 Å². The number of rotatable bonds is 5. The zero-order valence-corrected chi connectivity index (χ0v) is 22.1. The molecule has 36 heavy (non-hydrogen) atoms. The summed E-state index contributed by atoms with van der Waals surface area (Å²) in [5.74, 6) is -1.72. The number of amides is 3. The summed E-state index contributed by atoms with van der Waals surface area (Å²) in [5, 5.41) is 10.4. The molecule has 0 bridgehead atoms. The number of likely N-dealkylation sites (N-methyl/N-ethyl adjacent to an activating group) is 1. The van der Waals surface area contributed by atoms with E-state index in [9.17, 15) is 19.5 Å². The Balaban J connectivity index is 1.65. The number of thioether (sulfide) groups is 1. The molecule has 2 fully saturated rings. The molecule has 0 aromatic heterocycles. The highest BCUT2D eigenvalue weighted by molar-refractivity contribution is 8.02. The van der Waals surface area contributed by atoms with Gasteiger partial charge in [-0.3, -0.25) is 14.4 Å². The number of carbonyl (C=O) groups is 3. The third-order valence-corrected chi connectivity index (χ3v) is 10.1. The predicted octanol–water partition coefficient (Wildman–Crippen LogP) is 2.32. The number of hydrogen-bond donors (Lipinski definition) is 1. The molecule has 4 aliphatic rings. The van der Waals surface area contributed by atoms with E-state index in [0.717, 1.165) is 5.56 Å². The molecule has 0 radical (unpaired) electrons. The van der Waals surface area contributed by atoms with Crippen LogP contribution in [-0.2, 0) is 20.9 Å². The molecule has 2 saturated heterocycles. The van der Waals surface area contributed by atoms with Crippen molar-refractivity contribution in [3.63, 3.8) is 0 Å². The molecule has 1 spiro atoms. The van der Waals surface area contributed by atoms with Gasteiger partial charge in [-0.25, -0.2) is 0 Å². The average molecular weight is 510 g/mol. The second kappa shape index (κ2) is 9.06. The van der Waals surface area contributed by atoms with Gasteiger partial charge < -0.3 is 19.8 Å². The summed E-state index contributed by atoms with van der Waals surface area (Å²) < 4.78 is -1.50. The van der Waals surface area contributed by atoms with E-state index in [1.165, 1.54) is 0 Å². The largest absolute Gasteiger partial charge is 0.394 e. The molecule has 4 aliphatic heterocycles. The highest BCUT2D eigenvalue weighted by atomic mass is 32.2. The molecule has 1 aromatic rings. The van der Waals surface area contributed by atoms with Crippen molar-refractivity contribution in [2.45, 2.75) is 48.9 Å². The van der Waals surface area contributed by atoms with Gasteiger partial charge in [-0.15, -0.1) is 11.8 Å². The summed E-state index contributed by atoms with van der Waals surface area (Å²) in [5.41, 5.74) is 1.01. The van der Waals surface area contributed by atoms with Crippen molar-refractivity contribution in [2.24, 2.45) is 17.8 Å². The van der Waals surface area contributed by atoms with Crippen molar-refractivity contribution in [3.8, 4) is 0 Å². The molecular weight excluding hydrogens is 474 g/mol. The number of likely N-dealkylation sites (tertiary alicyclic amines) is 1. The zero-order chi connectivity index (χ0) is 25.8. The third kappa shape index (κ3) is 3.64. The minimum absolute atomic E-state index is 0.0544. The van der Waals surface area contributed by atoms with E-state index in [4.69, 9.17) is 0 Å². The van der Waals surface area contributed by atoms with Crippen LogP contribution in [0.5, 0.6) is 0 Å². The SMILES string of the molecule is CC(C)[C@H](CO)N1C(=O)[C@@H]2[C@H]3C(=O)N(C)CC=C[C@@]3(C)S[C@@]23C=CCN(Cc2ccccc2)C(=O)C13. The van der Waals surface area contributed by atoms with Crippen molar-refractivity contribution in [3.05, 3.63) is 60.2 Å². The van der Waals surface area contributed by atoms with Gasteiger partial charge in [-0.1, -0.05) is 68.5 Å². The van der Waals surface area contributed by atoms with E-state index >= 15 is 0 Å². The van der Waals surface area contributed by atoms with Crippen molar-refractivity contribution < 1.29 is 19.5 Å². The molecule has 1 N–H and O–H groups in total. The fourth-order valence-electron chi connectivity index (χ4n) is 6.55. The molecule has 3 amide bonds. The number of nitrogens with zero attached hydrogens (tertiary/aromatic N) is 3. The number of hydrogen-bond acceptors (Lipinski definition) is 5. The van der Waals surface area contributed by atoms with Gasteiger partial charge in [0, 0.05) is 31.4 Å². The highest BCUT2D eigenvalue weighted by Crippen LogP contribution is 2.65. The van der Waals surface area contributed by atoms with E-state index in [-0.39, 0.29) is 30.2 Å². The molecule has 192 valence electrons. The summed E-state index contributed by atoms with van der Waals surface area (Å²) in [6, 6.07) is 8.52. The molecule has 4 heterocycles. The Bertz CT molecular complexity index is 1120. The number of benzene rings is 1. The fourth-order valence-corrected chi connectivity index (χ4v) is 8.70. The smallest absolute Gasteiger partial charge is 0.247 e. The lowest BCUT2D eigenvalue weighted by atomic mass is 9.74. The van der Waals surface area contributed by atoms with Crippen LogP contribution in [0.2, 0.25) is 0 Å². The third-order valence-electron chi connectivity index (χ3n) is 8.31. The zero-order valence-electron chi connectivity index (χ0n) is 21.3. The summed E-state index contributed by atoms with van der Waals surface area (Å²) in [6.45, 7) is 7.06. The lowest BCUT2D eigenvalue weighted by molar-refractivity contribution is -0.148. The first kappa shape index (κ1) is 25.1. The lowest BCUT2D eigenvalue weighted by Gasteiger charge is -2.41. The van der Waals surface area contributed by atoms with Crippen molar-refractivity contribution in [1.82, 2.24) is 14.7 Å². The normalized spacial score (nSPS) is 34.6. The van der Waals surface area contributed by atoms with Crippen LogP contribution in [0.1, 0.15) is 26.3 Å². The van der Waals surface area contributed by atoms with Crippen LogP contribution in [0.4, 0.5) is 0 Å². The van der Waals surface area contributed by atoms with E-state index in [2.05, 4.69) is 6.08 Å². The van der Waals surface area contributed by atoms with Crippen molar-refractivity contribution >= 4 is 29.5 Å². The van der Waals surface area contributed by atoms with Crippen LogP contribution in [0.3, 0.4) is 0 Å². The molecule has 0 saturated carbocycles. The molecule has 5 rings (SSSR count). The molecule has 1 unspecified atom stereocenters. The highest BCUT2D eigenvalue weighted by Gasteiger charge is 2.74. The van der Waals surface area contributed by atoms with Crippen molar-refractivity contribution in [1.29, 1.82) is 0 Å². The second-order valence-corrected chi connectivity index (χ2v) is 12.8. The molecule has 0 aliphatic carbocycles. The number of aliphatic hydroxyl groups excluding tert-OH is 1. The molecular formula is C28H35N3O4S. The number of fused-ring (bicyclic) bond motifs is 2. The summed E-state index contributed by atoms with van der Waals surface area (Å²) in [7, 11) is 1.77. The van der Waals surface area contributed by atoms with Gasteiger partial charge in [-0.05, 0) is 18.4 Å². The summed E-state index contributed by atoms with van der Waals surface area (Å²) in [4.78, 5) is 47.5. The monoisotopic (exact) mass is 509 g/mol. The fraction of sp³-hybridized carbons (Fsp3) is 0.536. The van der Waals surface area contributed by atoms with Gasteiger partial charge in [-0.2, -0.15) is 0 Å². The minimum atomic E-state index is -0.889. The van der Waals surface area contributed by atoms with Gasteiger partial charge in [0.15, 0.2) is 0 Å². The van der Waals surface area contributed by atoms with E-state index in [1.807, 2.05) is 69.3 Å². The van der Waals surface area contributed by atoms with Crippen LogP contribution in [0.15, 0.2) is 54.6 Å². The van der Waals surface area contributed by atoms with Crippen LogP contribution >= 0.6 is 11.8 Å². The maximum Gasteiger partial charge on any atom is 0.247 e. The van der Waals surface area contributed by atoms with Gasteiger partial charge in [0.05, 0.1) is 29.2 Å². The van der Waals surface area contributed by atoms with Gasteiger partial charge >= 0.3 is 0 Å². The summed E-state index contributed by atoms with van der Waals surface area (Å²) >= 11 is 1.58.